The van der Waals surface area contributed by atoms with Gasteiger partial charge in [0.25, 0.3) is 0 Å². The molecule has 1 rings (SSSR count). The number of benzene rings is 1. The Labute approximate surface area is 131 Å². The first-order chi connectivity index (χ1) is 10.1. The quantitative estimate of drug-likeness (QED) is 0.685. The molecule has 0 aliphatic rings. The summed E-state index contributed by atoms with van der Waals surface area (Å²) >= 11 is 5.90. The van der Waals surface area contributed by atoms with Crippen LogP contribution in [0.4, 0.5) is 4.39 Å². The van der Waals surface area contributed by atoms with Gasteiger partial charge in [-0.3, -0.25) is 4.79 Å². The Kier molecular flexibility index (Phi) is 8.06. The Morgan fingerprint density at radius 1 is 1.43 bits per heavy atom. The SMILES string of the molecule is CCCC[C@H](CC)CNC(=O)/C=C/c1c(F)cccc1Cl. The summed E-state index contributed by atoms with van der Waals surface area (Å²) in [5.74, 6) is -0.149. The zero-order valence-corrected chi connectivity index (χ0v) is 13.4. The molecule has 0 heterocycles. The van der Waals surface area contributed by atoms with Crippen LogP contribution in [-0.4, -0.2) is 12.5 Å². The van der Waals surface area contributed by atoms with Gasteiger partial charge in [0.1, 0.15) is 5.82 Å². The van der Waals surface area contributed by atoms with Crippen LogP contribution in [0.1, 0.15) is 45.1 Å². The molecule has 0 unspecified atom stereocenters. The highest BCUT2D eigenvalue weighted by molar-refractivity contribution is 6.32. The van der Waals surface area contributed by atoms with Crippen molar-refractivity contribution in [3.8, 4) is 0 Å². The molecule has 0 aliphatic heterocycles. The Morgan fingerprint density at radius 3 is 2.81 bits per heavy atom. The third kappa shape index (κ3) is 6.30. The Morgan fingerprint density at radius 2 is 2.19 bits per heavy atom. The number of amides is 1. The Balaban J connectivity index is 2.51. The number of hydrogen-bond acceptors (Lipinski definition) is 1. The molecule has 1 aromatic rings. The molecule has 0 fully saturated rings. The van der Waals surface area contributed by atoms with Crippen molar-refractivity contribution in [2.24, 2.45) is 5.92 Å². The van der Waals surface area contributed by atoms with Crippen molar-refractivity contribution in [1.29, 1.82) is 0 Å². The topological polar surface area (TPSA) is 29.1 Å². The minimum atomic E-state index is -0.430. The fourth-order valence-corrected chi connectivity index (χ4v) is 2.30. The lowest BCUT2D eigenvalue weighted by atomic mass is 9.99. The lowest BCUT2D eigenvalue weighted by Gasteiger charge is -2.14. The van der Waals surface area contributed by atoms with Crippen LogP contribution in [0.25, 0.3) is 6.08 Å². The summed E-state index contributed by atoms with van der Waals surface area (Å²) in [7, 11) is 0. The number of hydrogen-bond donors (Lipinski definition) is 1. The highest BCUT2D eigenvalue weighted by atomic mass is 35.5. The van der Waals surface area contributed by atoms with E-state index in [0.717, 1.165) is 19.3 Å². The van der Waals surface area contributed by atoms with E-state index in [4.69, 9.17) is 11.6 Å². The predicted octanol–water partition coefficient (Wildman–Crippen LogP) is 4.82. The van der Waals surface area contributed by atoms with Crippen LogP contribution in [0.2, 0.25) is 5.02 Å². The minimum absolute atomic E-state index is 0.218. The molecule has 1 aromatic carbocycles. The first kappa shape index (κ1) is 17.7. The van der Waals surface area contributed by atoms with E-state index in [1.54, 1.807) is 6.07 Å². The maximum atomic E-state index is 13.5. The van der Waals surface area contributed by atoms with E-state index in [0.29, 0.717) is 17.5 Å². The molecule has 0 aliphatic carbocycles. The van der Waals surface area contributed by atoms with Crippen LogP contribution in [-0.2, 0) is 4.79 Å². The Hall–Kier alpha value is -1.35. The van der Waals surface area contributed by atoms with Gasteiger partial charge in [0, 0.05) is 18.2 Å². The standard InChI is InChI=1S/C17H23ClFNO/c1-3-5-7-13(4-2)12-20-17(21)11-10-14-15(18)8-6-9-16(14)19/h6,8-11,13H,3-5,7,12H2,1-2H3,(H,20,21)/b11-10+/t13-/m0/s1. The van der Waals surface area contributed by atoms with Crippen LogP contribution in [0.3, 0.4) is 0 Å². The number of halogens is 2. The van der Waals surface area contributed by atoms with Gasteiger partial charge in [0.05, 0.1) is 5.02 Å². The number of nitrogens with one attached hydrogen (secondary N) is 1. The lowest BCUT2D eigenvalue weighted by molar-refractivity contribution is -0.116. The van der Waals surface area contributed by atoms with Crippen molar-refractivity contribution in [3.05, 3.63) is 40.7 Å². The van der Waals surface area contributed by atoms with Crippen LogP contribution in [0, 0.1) is 11.7 Å². The second-order valence-corrected chi connectivity index (χ2v) is 5.54. The lowest BCUT2D eigenvalue weighted by Crippen LogP contribution is -2.27. The van der Waals surface area contributed by atoms with Crippen LogP contribution >= 0.6 is 11.6 Å². The van der Waals surface area contributed by atoms with E-state index in [2.05, 4.69) is 19.2 Å². The van der Waals surface area contributed by atoms with E-state index < -0.39 is 5.82 Å². The van der Waals surface area contributed by atoms with Gasteiger partial charge in [-0.1, -0.05) is 50.8 Å². The highest BCUT2D eigenvalue weighted by Gasteiger charge is 2.07. The molecule has 2 nitrogen and oxygen atoms in total. The molecule has 0 aromatic heterocycles. The van der Waals surface area contributed by atoms with Crippen LogP contribution in [0.5, 0.6) is 0 Å². The molecule has 1 N–H and O–H groups in total. The van der Waals surface area contributed by atoms with Crippen molar-refractivity contribution in [2.75, 3.05) is 6.54 Å². The molecule has 4 heteroatoms. The largest absolute Gasteiger partial charge is 0.352 e. The smallest absolute Gasteiger partial charge is 0.244 e. The Bertz CT molecular complexity index is 467. The van der Waals surface area contributed by atoms with Gasteiger partial charge in [-0.25, -0.2) is 4.39 Å². The molecule has 21 heavy (non-hydrogen) atoms. The molecule has 1 amide bonds. The maximum Gasteiger partial charge on any atom is 0.244 e. The summed E-state index contributed by atoms with van der Waals surface area (Å²) < 4.78 is 13.5. The van der Waals surface area contributed by atoms with Gasteiger partial charge in [0.2, 0.25) is 5.91 Å². The second-order valence-electron chi connectivity index (χ2n) is 5.13. The molecular formula is C17H23ClFNO. The first-order valence-electron chi connectivity index (χ1n) is 7.48. The van der Waals surface area contributed by atoms with E-state index in [-0.39, 0.29) is 11.5 Å². The van der Waals surface area contributed by atoms with Crippen molar-refractivity contribution < 1.29 is 9.18 Å². The fourth-order valence-electron chi connectivity index (χ4n) is 2.08. The number of rotatable bonds is 8. The van der Waals surface area contributed by atoms with E-state index in [1.807, 2.05) is 0 Å². The summed E-state index contributed by atoms with van der Waals surface area (Å²) in [4.78, 5) is 11.8. The summed E-state index contributed by atoms with van der Waals surface area (Å²) in [6, 6.07) is 4.45. The second kappa shape index (κ2) is 9.56. The molecule has 0 bridgehead atoms. The molecule has 0 saturated carbocycles. The van der Waals surface area contributed by atoms with Gasteiger partial charge < -0.3 is 5.32 Å². The monoisotopic (exact) mass is 311 g/mol. The van der Waals surface area contributed by atoms with E-state index in [1.165, 1.54) is 30.7 Å². The van der Waals surface area contributed by atoms with Gasteiger partial charge in [-0.2, -0.15) is 0 Å². The zero-order valence-electron chi connectivity index (χ0n) is 12.7. The average Bonchev–Trinajstić information content (AvgIpc) is 2.47. The van der Waals surface area contributed by atoms with Crippen molar-refractivity contribution in [2.45, 2.75) is 39.5 Å². The normalized spacial score (nSPS) is 12.6. The van der Waals surface area contributed by atoms with Crippen molar-refractivity contribution in [1.82, 2.24) is 5.32 Å². The van der Waals surface area contributed by atoms with Gasteiger partial charge in [-0.05, 0) is 30.5 Å². The third-order valence-electron chi connectivity index (χ3n) is 3.51. The molecule has 0 saturated heterocycles. The van der Waals surface area contributed by atoms with Gasteiger partial charge in [-0.15, -0.1) is 0 Å². The van der Waals surface area contributed by atoms with Crippen LogP contribution in [0.15, 0.2) is 24.3 Å². The summed E-state index contributed by atoms with van der Waals surface area (Å²) in [5, 5.41) is 3.16. The summed E-state index contributed by atoms with van der Waals surface area (Å²) in [6.45, 7) is 4.94. The molecular weight excluding hydrogens is 289 g/mol. The number of carbonyl (C=O) groups excluding carboxylic acids is 1. The molecule has 0 spiro atoms. The summed E-state index contributed by atoms with van der Waals surface area (Å²) in [5.41, 5.74) is 0.243. The van der Waals surface area contributed by atoms with Crippen molar-refractivity contribution >= 4 is 23.6 Å². The van der Waals surface area contributed by atoms with E-state index >= 15 is 0 Å². The third-order valence-corrected chi connectivity index (χ3v) is 3.84. The molecule has 0 radical (unpaired) electrons. The zero-order chi connectivity index (χ0) is 15.7. The predicted molar refractivity (Wildman–Crippen MR) is 86.8 cm³/mol. The first-order valence-corrected chi connectivity index (χ1v) is 7.86. The number of carbonyl (C=O) groups is 1. The van der Waals surface area contributed by atoms with E-state index in [9.17, 15) is 9.18 Å². The minimum Gasteiger partial charge on any atom is -0.352 e. The highest BCUT2D eigenvalue weighted by Crippen LogP contribution is 2.20. The van der Waals surface area contributed by atoms with Gasteiger partial charge >= 0.3 is 0 Å². The molecule has 116 valence electrons. The molecule has 1 atom stereocenters. The summed E-state index contributed by atoms with van der Waals surface area (Å²) in [6.07, 6.45) is 7.25. The fraction of sp³-hybridized carbons (Fsp3) is 0.471. The van der Waals surface area contributed by atoms with Crippen molar-refractivity contribution in [3.63, 3.8) is 0 Å². The van der Waals surface area contributed by atoms with Gasteiger partial charge in [0.15, 0.2) is 0 Å². The van der Waals surface area contributed by atoms with Crippen LogP contribution < -0.4 is 5.32 Å². The number of unbranched alkanes of at least 4 members (excludes halogenated alkanes) is 1. The average molecular weight is 312 g/mol. The maximum absolute atomic E-state index is 13.5.